The van der Waals surface area contributed by atoms with Crippen molar-refractivity contribution < 1.29 is 32.3 Å². The van der Waals surface area contributed by atoms with Gasteiger partial charge < -0.3 is 14.8 Å². The van der Waals surface area contributed by atoms with Gasteiger partial charge in [0.15, 0.2) is 0 Å². The summed E-state index contributed by atoms with van der Waals surface area (Å²) >= 11 is 0. The molecule has 0 aliphatic heterocycles. The minimum absolute atomic E-state index is 0.0537. The van der Waals surface area contributed by atoms with Gasteiger partial charge in [0.1, 0.15) is 0 Å². The number of sulfonamides is 1. The minimum atomic E-state index is -3.58. The zero-order valence-corrected chi connectivity index (χ0v) is 17.6. The lowest BCUT2D eigenvalue weighted by molar-refractivity contribution is -0.116. The van der Waals surface area contributed by atoms with Gasteiger partial charge in [0.25, 0.3) is 0 Å². The van der Waals surface area contributed by atoms with Crippen LogP contribution in [0.5, 0.6) is 0 Å². The number of carbonyl (C=O) groups is 3. The second-order valence-corrected chi connectivity index (χ2v) is 8.87. The number of ether oxygens (including phenoxy) is 2. The summed E-state index contributed by atoms with van der Waals surface area (Å²) in [4.78, 5) is 36.3. The summed E-state index contributed by atoms with van der Waals surface area (Å²) in [6, 6.07) is 3.78. The molecule has 1 aliphatic carbocycles. The number of rotatable bonds is 7. The van der Waals surface area contributed by atoms with E-state index in [4.69, 9.17) is 0 Å². The van der Waals surface area contributed by atoms with Crippen LogP contribution in [0.25, 0.3) is 0 Å². The maximum atomic E-state index is 12.6. The zero-order chi connectivity index (χ0) is 21.6. The van der Waals surface area contributed by atoms with Crippen LogP contribution in [0.4, 0.5) is 5.69 Å². The lowest BCUT2D eigenvalue weighted by Gasteiger charge is -2.31. The second kappa shape index (κ2) is 9.84. The number of benzene rings is 1. The molecule has 1 N–H and O–H groups in total. The van der Waals surface area contributed by atoms with Crippen molar-refractivity contribution >= 4 is 33.6 Å². The fraction of sp³-hybridized carbons (Fsp3) is 0.526. The lowest BCUT2D eigenvalue weighted by atomic mass is 9.95. The second-order valence-electron chi connectivity index (χ2n) is 6.93. The first kappa shape index (κ1) is 22.8. The summed E-state index contributed by atoms with van der Waals surface area (Å²) in [6.07, 6.45) is 5.40. The van der Waals surface area contributed by atoms with E-state index in [1.54, 1.807) is 0 Å². The number of esters is 2. The van der Waals surface area contributed by atoms with Crippen LogP contribution in [0.3, 0.4) is 0 Å². The number of methoxy groups -OCH3 is 2. The molecule has 0 bridgehead atoms. The van der Waals surface area contributed by atoms with Gasteiger partial charge in [-0.15, -0.1) is 0 Å². The van der Waals surface area contributed by atoms with Gasteiger partial charge in [-0.2, -0.15) is 4.31 Å². The molecule has 0 aromatic heterocycles. The van der Waals surface area contributed by atoms with Crippen LogP contribution in [-0.2, 0) is 24.3 Å². The SMILES string of the molecule is COC(=O)c1cc(NC(=O)CN(C2CCCCC2)S(C)(=O)=O)cc(C(=O)OC)c1. The summed E-state index contributed by atoms with van der Waals surface area (Å²) in [5.41, 5.74) is 0.270. The van der Waals surface area contributed by atoms with E-state index in [0.717, 1.165) is 25.5 Å². The first-order valence-corrected chi connectivity index (χ1v) is 11.1. The maximum absolute atomic E-state index is 12.6. The van der Waals surface area contributed by atoms with Gasteiger partial charge in [0, 0.05) is 11.7 Å². The number of anilines is 1. The standard InChI is InChI=1S/C19H26N2O7S/c1-27-18(23)13-9-14(19(24)28-2)11-15(10-13)20-17(22)12-21(29(3,25)26)16-7-5-4-6-8-16/h9-11,16H,4-8,12H2,1-3H3,(H,20,22). The number of nitrogens with zero attached hydrogens (tertiary/aromatic N) is 1. The predicted molar refractivity (Wildman–Crippen MR) is 106 cm³/mol. The normalized spacial score (nSPS) is 15.0. The highest BCUT2D eigenvalue weighted by atomic mass is 32.2. The van der Waals surface area contributed by atoms with Crippen LogP contribution in [0, 0.1) is 0 Å². The van der Waals surface area contributed by atoms with Gasteiger partial charge in [-0.25, -0.2) is 18.0 Å². The molecule has 10 heteroatoms. The van der Waals surface area contributed by atoms with Crippen molar-refractivity contribution in [3.63, 3.8) is 0 Å². The van der Waals surface area contributed by atoms with Gasteiger partial charge in [-0.3, -0.25) is 4.79 Å². The van der Waals surface area contributed by atoms with E-state index in [-0.39, 0.29) is 29.4 Å². The van der Waals surface area contributed by atoms with Crippen LogP contribution in [-0.4, -0.2) is 63.6 Å². The molecule has 29 heavy (non-hydrogen) atoms. The Balaban J connectivity index is 2.23. The van der Waals surface area contributed by atoms with Crippen LogP contribution in [0.2, 0.25) is 0 Å². The number of hydrogen-bond acceptors (Lipinski definition) is 7. The van der Waals surface area contributed by atoms with E-state index in [1.165, 1.54) is 36.7 Å². The van der Waals surface area contributed by atoms with Crippen molar-refractivity contribution in [1.29, 1.82) is 0 Å². The van der Waals surface area contributed by atoms with E-state index in [1.807, 2.05) is 0 Å². The Hall–Kier alpha value is -2.46. The quantitative estimate of drug-likeness (QED) is 0.660. The third-order valence-corrected chi connectivity index (χ3v) is 6.05. The number of nitrogens with one attached hydrogen (secondary N) is 1. The smallest absolute Gasteiger partial charge is 0.337 e. The van der Waals surface area contributed by atoms with Gasteiger partial charge >= 0.3 is 11.9 Å². The molecule has 0 radical (unpaired) electrons. The monoisotopic (exact) mass is 426 g/mol. The molecule has 1 aromatic rings. The fourth-order valence-corrected chi connectivity index (χ4v) is 4.50. The van der Waals surface area contributed by atoms with Crippen LogP contribution in [0.15, 0.2) is 18.2 Å². The molecule has 0 heterocycles. The van der Waals surface area contributed by atoms with Gasteiger partial charge in [0.2, 0.25) is 15.9 Å². The molecule has 1 fully saturated rings. The molecule has 0 saturated heterocycles. The van der Waals surface area contributed by atoms with Crippen molar-refractivity contribution in [1.82, 2.24) is 4.31 Å². The van der Waals surface area contributed by atoms with Crippen LogP contribution in [0.1, 0.15) is 52.8 Å². The Kier molecular flexibility index (Phi) is 7.74. The molecule has 1 saturated carbocycles. The molecule has 160 valence electrons. The molecule has 0 spiro atoms. The highest BCUT2D eigenvalue weighted by Gasteiger charge is 2.30. The van der Waals surface area contributed by atoms with Crippen LogP contribution < -0.4 is 5.32 Å². The highest BCUT2D eigenvalue weighted by molar-refractivity contribution is 7.88. The van der Waals surface area contributed by atoms with Crippen molar-refractivity contribution in [2.24, 2.45) is 0 Å². The van der Waals surface area contributed by atoms with Crippen molar-refractivity contribution in [2.45, 2.75) is 38.1 Å². The highest BCUT2D eigenvalue weighted by Crippen LogP contribution is 2.24. The molecule has 1 aliphatic rings. The van der Waals surface area contributed by atoms with E-state index >= 15 is 0 Å². The third-order valence-electron chi connectivity index (χ3n) is 4.77. The Morgan fingerprint density at radius 2 is 1.52 bits per heavy atom. The van der Waals surface area contributed by atoms with Crippen molar-refractivity contribution in [3.05, 3.63) is 29.3 Å². The molecule has 0 unspecified atom stereocenters. The van der Waals surface area contributed by atoms with Gasteiger partial charge in [-0.1, -0.05) is 19.3 Å². The number of amides is 1. The molecular formula is C19H26N2O7S. The molecule has 1 aromatic carbocycles. The minimum Gasteiger partial charge on any atom is -0.465 e. The van der Waals surface area contributed by atoms with E-state index < -0.39 is 27.9 Å². The summed E-state index contributed by atoms with van der Waals surface area (Å²) in [5.74, 6) is -1.95. The molecule has 9 nitrogen and oxygen atoms in total. The molecule has 1 amide bonds. The average Bonchev–Trinajstić information content (AvgIpc) is 2.70. The van der Waals surface area contributed by atoms with Crippen LogP contribution >= 0.6 is 0 Å². The van der Waals surface area contributed by atoms with Gasteiger partial charge in [-0.05, 0) is 31.0 Å². The first-order chi connectivity index (χ1) is 13.7. The summed E-state index contributed by atoms with van der Waals surface area (Å²) in [6.45, 7) is -0.348. The zero-order valence-electron chi connectivity index (χ0n) is 16.8. The maximum Gasteiger partial charge on any atom is 0.337 e. The fourth-order valence-electron chi connectivity index (χ4n) is 3.40. The predicted octanol–water partition coefficient (Wildman–Crippen LogP) is 1.79. The molecule has 0 atom stereocenters. The summed E-state index contributed by atoms with van der Waals surface area (Å²) in [5, 5.41) is 2.56. The third kappa shape index (κ3) is 6.26. The first-order valence-electron chi connectivity index (χ1n) is 9.24. The molecular weight excluding hydrogens is 400 g/mol. The van der Waals surface area contributed by atoms with Crippen molar-refractivity contribution in [3.8, 4) is 0 Å². The van der Waals surface area contributed by atoms with Gasteiger partial charge in [0.05, 0.1) is 38.1 Å². The Morgan fingerprint density at radius 3 is 1.97 bits per heavy atom. The Morgan fingerprint density at radius 1 is 1.00 bits per heavy atom. The Bertz CT molecular complexity index is 842. The van der Waals surface area contributed by atoms with E-state index in [9.17, 15) is 22.8 Å². The molecule has 2 rings (SSSR count). The van der Waals surface area contributed by atoms with E-state index in [2.05, 4.69) is 14.8 Å². The van der Waals surface area contributed by atoms with Crippen molar-refractivity contribution in [2.75, 3.05) is 32.3 Å². The largest absolute Gasteiger partial charge is 0.465 e. The topological polar surface area (TPSA) is 119 Å². The van der Waals surface area contributed by atoms with E-state index in [0.29, 0.717) is 12.8 Å². The summed E-state index contributed by atoms with van der Waals surface area (Å²) < 4.78 is 35.0. The summed E-state index contributed by atoms with van der Waals surface area (Å²) in [7, 11) is -1.19. The average molecular weight is 426 g/mol. The number of hydrogen-bond donors (Lipinski definition) is 1. The lowest BCUT2D eigenvalue weighted by Crippen LogP contribution is -2.45. The number of carbonyl (C=O) groups excluding carboxylic acids is 3. The Labute approximate surface area is 170 Å².